The Bertz CT molecular complexity index is 1470. The van der Waals surface area contributed by atoms with Crippen LogP contribution in [-0.2, 0) is 7.05 Å². The van der Waals surface area contributed by atoms with Crippen molar-refractivity contribution in [3.8, 4) is 10.6 Å². The molecule has 2 aliphatic heterocycles. The molecule has 1 N–H and O–H groups in total. The number of anilines is 3. The van der Waals surface area contributed by atoms with Crippen molar-refractivity contribution in [3.63, 3.8) is 0 Å². The Hall–Kier alpha value is -3.37. The minimum Gasteiger partial charge on any atom is -0.370 e. The smallest absolute Gasteiger partial charge is 0.259 e. The van der Waals surface area contributed by atoms with Crippen LogP contribution < -0.4 is 15.8 Å². The molecule has 10 heteroatoms. The third-order valence-electron chi connectivity index (χ3n) is 7.14. The van der Waals surface area contributed by atoms with Gasteiger partial charge in [-0.3, -0.25) is 4.79 Å². The van der Waals surface area contributed by atoms with Crippen LogP contribution in [-0.4, -0.2) is 57.6 Å². The molecule has 2 atom stereocenters. The lowest BCUT2D eigenvalue weighted by molar-refractivity contribution is 0.387. The van der Waals surface area contributed by atoms with Gasteiger partial charge in [0.2, 0.25) is 5.95 Å². The molecule has 0 spiro atoms. The summed E-state index contributed by atoms with van der Waals surface area (Å²) in [5, 5.41) is 3.69. The third kappa shape index (κ3) is 3.86. The van der Waals surface area contributed by atoms with E-state index in [1.54, 1.807) is 13.2 Å². The second kappa shape index (κ2) is 8.39. The minimum atomic E-state index is -0.532. The topological polar surface area (TPSA) is 79.2 Å². The normalized spacial score (nSPS) is 20.1. The molecule has 4 aromatic rings. The van der Waals surface area contributed by atoms with E-state index >= 15 is 0 Å². The first kappa shape index (κ1) is 22.1. The van der Waals surface area contributed by atoms with Gasteiger partial charge in [-0.25, -0.2) is 19.3 Å². The van der Waals surface area contributed by atoms with Crippen LogP contribution >= 0.6 is 11.3 Å². The van der Waals surface area contributed by atoms with Gasteiger partial charge in [-0.2, -0.15) is 0 Å². The molecular weight excluding hydrogens is 465 g/mol. The summed E-state index contributed by atoms with van der Waals surface area (Å²) < 4.78 is 17.1. The number of aryl methyl sites for hydroxylation is 2. The Balaban J connectivity index is 1.24. The van der Waals surface area contributed by atoms with Crippen LogP contribution in [0.4, 0.5) is 21.8 Å². The zero-order valence-electron chi connectivity index (χ0n) is 19.8. The minimum absolute atomic E-state index is 0.103. The summed E-state index contributed by atoms with van der Waals surface area (Å²) >= 11 is 1.36. The molecule has 0 unspecified atom stereocenters. The Morgan fingerprint density at radius 3 is 2.54 bits per heavy atom. The molecule has 8 nitrogen and oxygen atoms in total. The fourth-order valence-corrected chi connectivity index (χ4v) is 6.54. The zero-order valence-corrected chi connectivity index (χ0v) is 20.6. The summed E-state index contributed by atoms with van der Waals surface area (Å²) in [6.45, 7) is 6.27. The van der Waals surface area contributed by atoms with Gasteiger partial charge < -0.3 is 19.7 Å². The predicted molar refractivity (Wildman–Crippen MR) is 137 cm³/mol. The van der Waals surface area contributed by atoms with Gasteiger partial charge in [0.05, 0.1) is 28.3 Å². The van der Waals surface area contributed by atoms with E-state index in [-0.39, 0.29) is 17.2 Å². The summed E-state index contributed by atoms with van der Waals surface area (Å²) in [4.78, 5) is 31.1. The molecule has 0 bridgehead atoms. The number of pyridine rings is 2. The van der Waals surface area contributed by atoms with E-state index in [9.17, 15) is 9.18 Å². The maximum absolute atomic E-state index is 14.8. The van der Waals surface area contributed by atoms with Gasteiger partial charge in [0.1, 0.15) is 11.5 Å². The number of halogens is 1. The molecule has 2 aliphatic rings. The number of aromatic nitrogens is 4. The van der Waals surface area contributed by atoms with Crippen molar-refractivity contribution in [1.29, 1.82) is 0 Å². The molecule has 2 saturated heterocycles. The third-order valence-corrected chi connectivity index (χ3v) is 8.40. The first-order valence-electron chi connectivity index (χ1n) is 11.7. The molecule has 6 rings (SSSR count). The summed E-state index contributed by atoms with van der Waals surface area (Å²) in [5.41, 5.74) is 1.90. The Labute approximate surface area is 206 Å². The maximum Gasteiger partial charge on any atom is 0.259 e. The van der Waals surface area contributed by atoms with E-state index in [1.165, 1.54) is 15.9 Å². The molecule has 0 saturated carbocycles. The van der Waals surface area contributed by atoms with E-state index < -0.39 is 5.82 Å². The highest BCUT2D eigenvalue weighted by atomic mass is 32.1. The van der Waals surface area contributed by atoms with Gasteiger partial charge in [0.15, 0.2) is 5.82 Å². The average molecular weight is 492 g/mol. The Morgan fingerprint density at radius 1 is 1.06 bits per heavy atom. The highest BCUT2D eigenvalue weighted by Gasteiger charge is 2.38. The van der Waals surface area contributed by atoms with Gasteiger partial charge in [-0.1, -0.05) is 0 Å². The van der Waals surface area contributed by atoms with Crippen molar-refractivity contribution < 1.29 is 4.39 Å². The molecule has 180 valence electrons. The average Bonchev–Trinajstić information content (AvgIpc) is 3.49. The SMILES string of the molecule is Cc1c(-c2nc(Nc3ccc(N4C[C@H]5CN(C)C[C@H]5C4)cn3)ncc2F)sc2ccn(C)c(=O)c12. The van der Waals surface area contributed by atoms with Crippen LogP contribution in [0, 0.1) is 24.6 Å². The van der Waals surface area contributed by atoms with Gasteiger partial charge in [-0.15, -0.1) is 11.3 Å². The van der Waals surface area contributed by atoms with Crippen molar-refractivity contribution in [2.75, 3.05) is 43.4 Å². The summed E-state index contributed by atoms with van der Waals surface area (Å²) in [6, 6.07) is 5.82. The van der Waals surface area contributed by atoms with Crippen LogP contribution in [0.15, 0.2) is 41.6 Å². The molecule has 2 fully saturated rings. The van der Waals surface area contributed by atoms with Crippen molar-refractivity contribution in [2.24, 2.45) is 18.9 Å². The second-order valence-electron chi connectivity index (χ2n) is 9.59. The van der Waals surface area contributed by atoms with Crippen molar-refractivity contribution in [1.82, 2.24) is 24.4 Å². The van der Waals surface area contributed by atoms with Gasteiger partial charge in [0.25, 0.3) is 5.56 Å². The number of thiophene rings is 1. The number of nitrogens with one attached hydrogen (secondary N) is 1. The lowest BCUT2D eigenvalue weighted by Crippen LogP contribution is -2.26. The lowest BCUT2D eigenvalue weighted by atomic mass is 10.0. The van der Waals surface area contributed by atoms with E-state index in [1.807, 2.05) is 25.3 Å². The first-order valence-corrected chi connectivity index (χ1v) is 12.5. The molecule has 0 aliphatic carbocycles. The standard InChI is InChI=1S/C25H26FN7OS/c1-14-21-19(6-7-32(3)24(21)34)35-23(14)22-18(26)9-28-25(30-22)29-20-5-4-17(8-27-20)33-12-15-10-31(2)11-16(15)13-33/h4-9,15-16H,10-13H2,1-3H3,(H,27,28,29,30)/t15-,16+. The molecular formula is C25H26FN7OS. The number of rotatable bonds is 4. The van der Waals surface area contributed by atoms with Crippen LogP contribution in [0.2, 0.25) is 0 Å². The highest BCUT2D eigenvalue weighted by molar-refractivity contribution is 7.22. The fraction of sp³-hybridized carbons (Fsp3) is 0.360. The van der Waals surface area contributed by atoms with E-state index in [4.69, 9.17) is 0 Å². The number of fused-ring (bicyclic) bond motifs is 2. The van der Waals surface area contributed by atoms with Crippen molar-refractivity contribution in [2.45, 2.75) is 6.92 Å². The zero-order chi connectivity index (χ0) is 24.3. The second-order valence-corrected chi connectivity index (χ2v) is 10.6. The van der Waals surface area contributed by atoms with Gasteiger partial charge in [0, 0.05) is 44.1 Å². The monoisotopic (exact) mass is 491 g/mol. The lowest BCUT2D eigenvalue weighted by Gasteiger charge is -2.21. The van der Waals surface area contributed by atoms with Gasteiger partial charge >= 0.3 is 0 Å². The Kier molecular flexibility index (Phi) is 5.30. The number of nitrogens with zero attached hydrogens (tertiary/aromatic N) is 6. The molecule has 0 amide bonds. The molecule has 0 aromatic carbocycles. The van der Waals surface area contributed by atoms with Crippen molar-refractivity contribution >= 4 is 38.9 Å². The van der Waals surface area contributed by atoms with E-state index in [0.717, 1.165) is 60.2 Å². The van der Waals surface area contributed by atoms with Crippen LogP contribution in [0.5, 0.6) is 0 Å². The molecule has 4 aromatic heterocycles. The number of hydrogen-bond acceptors (Lipinski definition) is 8. The fourth-order valence-electron chi connectivity index (χ4n) is 5.36. The summed E-state index contributed by atoms with van der Waals surface area (Å²) in [5.74, 6) is 1.76. The largest absolute Gasteiger partial charge is 0.370 e. The molecule has 6 heterocycles. The molecule has 35 heavy (non-hydrogen) atoms. The van der Waals surface area contributed by atoms with E-state index in [2.05, 4.69) is 43.2 Å². The number of likely N-dealkylation sites (tertiary alicyclic amines) is 1. The van der Waals surface area contributed by atoms with Crippen LogP contribution in [0.25, 0.3) is 20.7 Å². The Morgan fingerprint density at radius 2 is 1.83 bits per heavy atom. The first-order chi connectivity index (χ1) is 16.9. The summed E-state index contributed by atoms with van der Waals surface area (Å²) in [6.07, 6.45) is 4.74. The van der Waals surface area contributed by atoms with Crippen LogP contribution in [0.1, 0.15) is 5.56 Å². The number of hydrogen-bond donors (Lipinski definition) is 1. The van der Waals surface area contributed by atoms with Gasteiger partial charge in [-0.05, 0) is 49.6 Å². The predicted octanol–water partition coefficient (Wildman–Crippen LogP) is 3.64. The maximum atomic E-state index is 14.8. The summed E-state index contributed by atoms with van der Waals surface area (Å²) in [7, 11) is 3.90. The molecule has 0 radical (unpaired) electrons. The van der Waals surface area contributed by atoms with Crippen LogP contribution in [0.3, 0.4) is 0 Å². The quantitative estimate of drug-likeness (QED) is 0.467. The van der Waals surface area contributed by atoms with E-state index in [0.29, 0.717) is 16.1 Å². The highest BCUT2D eigenvalue weighted by Crippen LogP contribution is 2.37. The van der Waals surface area contributed by atoms with Crippen molar-refractivity contribution in [3.05, 3.63) is 58.5 Å².